The van der Waals surface area contributed by atoms with Crippen molar-refractivity contribution in [2.24, 2.45) is 0 Å². The van der Waals surface area contributed by atoms with Gasteiger partial charge in [-0.3, -0.25) is 0 Å². The van der Waals surface area contributed by atoms with Gasteiger partial charge in [0.25, 0.3) is 0 Å². The molecule has 0 aliphatic rings. The smallest absolute Gasteiger partial charge is 0.350 e. The van der Waals surface area contributed by atoms with Crippen molar-refractivity contribution in [3.05, 3.63) is 29.8 Å². The lowest BCUT2D eigenvalue weighted by Gasteiger charge is -2.08. The monoisotopic (exact) mass is 219 g/mol. The minimum atomic E-state index is -4.29. The van der Waals surface area contributed by atoms with Gasteiger partial charge in [0.1, 0.15) is 0 Å². The van der Waals surface area contributed by atoms with Gasteiger partial charge in [0.15, 0.2) is 0 Å². The molecule has 1 N–H and O–H groups in total. The molecule has 0 radical (unpaired) electrons. The van der Waals surface area contributed by atoms with Crippen LogP contribution in [0.15, 0.2) is 24.3 Å². The summed E-state index contributed by atoms with van der Waals surface area (Å²) < 4.78 is 36.4. The van der Waals surface area contributed by atoms with Crippen molar-refractivity contribution in [1.82, 2.24) is 0 Å². The summed E-state index contributed by atoms with van der Waals surface area (Å²) in [5, 5.41) is 2.75. The molecule has 0 fully saturated rings. The van der Waals surface area contributed by atoms with E-state index in [0.29, 0.717) is 10.7 Å². The van der Waals surface area contributed by atoms with E-state index in [9.17, 15) is 13.2 Å². The van der Waals surface area contributed by atoms with Crippen LogP contribution in [0.1, 0.15) is 12.5 Å². The number of alkyl halides is 3. The van der Waals surface area contributed by atoms with Crippen molar-refractivity contribution in [2.45, 2.75) is 13.1 Å². The first-order valence-corrected chi connectivity index (χ1v) is 4.25. The maximum Gasteiger partial charge on any atom is 0.416 e. The number of halogens is 3. The Morgan fingerprint density at radius 2 is 1.71 bits per heavy atom. The fourth-order valence-electron chi connectivity index (χ4n) is 0.946. The van der Waals surface area contributed by atoms with Crippen molar-refractivity contribution in [3.8, 4) is 0 Å². The summed E-state index contributed by atoms with van der Waals surface area (Å²) in [6, 6.07) is 4.72. The molecule has 0 bridgehead atoms. The SMILES string of the molecule is CC(=S)Nc1ccc(C(F)(F)F)cc1. The van der Waals surface area contributed by atoms with Gasteiger partial charge in [-0.05, 0) is 31.2 Å². The largest absolute Gasteiger partial charge is 0.416 e. The second kappa shape index (κ2) is 3.96. The van der Waals surface area contributed by atoms with Gasteiger partial charge in [-0.2, -0.15) is 13.2 Å². The number of benzene rings is 1. The highest BCUT2D eigenvalue weighted by Gasteiger charge is 2.29. The number of rotatable bonds is 1. The third-order valence-electron chi connectivity index (χ3n) is 1.53. The first kappa shape index (κ1) is 11.0. The Balaban J connectivity index is 2.84. The highest BCUT2D eigenvalue weighted by Crippen LogP contribution is 2.29. The van der Waals surface area contributed by atoms with E-state index in [0.717, 1.165) is 12.1 Å². The van der Waals surface area contributed by atoms with Crippen molar-refractivity contribution in [2.75, 3.05) is 5.32 Å². The van der Waals surface area contributed by atoms with Crippen LogP contribution in [0.4, 0.5) is 18.9 Å². The predicted octanol–water partition coefficient (Wildman–Crippen LogP) is 3.46. The van der Waals surface area contributed by atoms with E-state index in [4.69, 9.17) is 12.2 Å². The van der Waals surface area contributed by atoms with E-state index in [-0.39, 0.29) is 0 Å². The second-order valence-electron chi connectivity index (χ2n) is 2.76. The molecule has 0 unspecified atom stereocenters. The third kappa shape index (κ3) is 2.99. The molecule has 1 nitrogen and oxygen atoms in total. The van der Waals surface area contributed by atoms with E-state index < -0.39 is 11.7 Å². The quantitative estimate of drug-likeness (QED) is 0.726. The summed E-state index contributed by atoms with van der Waals surface area (Å²) in [7, 11) is 0. The zero-order valence-electron chi connectivity index (χ0n) is 7.35. The number of nitrogens with one attached hydrogen (secondary N) is 1. The van der Waals surface area contributed by atoms with Crippen LogP contribution in [0.5, 0.6) is 0 Å². The van der Waals surface area contributed by atoms with Crippen LogP contribution in [-0.4, -0.2) is 4.99 Å². The van der Waals surface area contributed by atoms with Crippen LogP contribution in [-0.2, 0) is 6.18 Å². The molecule has 1 aromatic carbocycles. The topological polar surface area (TPSA) is 12.0 Å². The Kier molecular flexibility index (Phi) is 3.10. The van der Waals surface area contributed by atoms with Crippen molar-refractivity contribution in [1.29, 1.82) is 0 Å². The average molecular weight is 219 g/mol. The van der Waals surface area contributed by atoms with Crippen LogP contribution < -0.4 is 5.32 Å². The summed E-state index contributed by atoms with van der Waals surface area (Å²) in [5.41, 5.74) is -0.101. The Labute approximate surface area is 84.9 Å². The molecular formula is C9H8F3NS. The fraction of sp³-hybridized carbons (Fsp3) is 0.222. The van der Waals surface area contributed by atoms with E-state index in [1.807, 2.05) is 0 Å². The summed E-state index contributed by atoms with van der Waals surface area (Å²) in [6.45, 7) is 1.66. The molecule has 14 heavy (non-hydrogen) atoms. The minimum absolute atomic E-state index is 0.518. The van der Waals surface area contributed by atoms with Crippen molar-refractivity contribution < 1.29 is 13.2 Å². The number of thiocarbonyl (C=S) groups is 1. The first-order chi connectivity index (χ1) is 6.39. The summed E-state index contributed by atoms with van der Waals surface area (Å²) in [5.74, 6) is 0. The fourth-order valence-corrected chi connectivity index (χ4v) is 1.06. The zero-order chi connectivity index (χ0) is 10.8. The van der Waals surface area contributed by atoms with Crippen LogP contribution in [0.25, 0.3) is 0 Å². The van der Waals surface area contributed by atoms with E-state index in [2.05, 4.69) is 5.32 Å². The maximum absolute atomic E-state index is 12.1. The molecule has 0 saturated carbocycles. The van der Waals surface area contributed by atoms with Gasteiger partial charge in [0.05, 0.1) is 10.6 Å². The van der Waals surface area contributed by atoms with E-state index in [1.165, 1.54) is 12.1 Å². The highest BCUT2D eigenvalue weighted by molar-refractivity contribution is 7.80. The lowest BCUT2D eigenvalue weighted by atomic mass is 10.2. The molecular weight excluding hydrogens is 211 g/mol. The molecule has 76 valence electrons. The molecule has 0 aliphatic carbocycles. The molecule has 0 aliphatic heterocycles. The predicted molar refractivity (Wildman–Crippen MR) is 53.3 cm³/mol. The van der Waals surface area contributed by atoms with Gasteiger partial charge in [-0.15, -0.1) is 0 Å². The molecule has 0 aromatic heterocycles. The van der Waals surface area contributed by atoms with Crippen molar-refractivity contribution >= 4 is 22.9 Å². The zero-order valence-corrected chi connectivity index (χ0v) is 8.17. The molecule has 0 amide bonds. The molecule has 0 spiro atoms. The molecule has 1 rings (SSSR count). The molecule has 0 atom stereocenters. The van der Waals surface area contributed by atoms with Gasteiger partial charge in [-0.25, -0.2) is 0 Å². The summed E-state index contributed by atoms with van der Waals surface area (Å²) in [6.07, 6.45) is -4.29. The Hall–Kier alpha value is -1.10. The Bertz CT molecular complexity index is 329. The molecule has 0 saturated heterocycles. The van der Waals surface area contributed by atoms with Crippen LogP contribution in [0.3, 0.4) is 0 Å². The highest BCUT2D eigenvalue weighted by atomic mass is 32.1. The standard InChI is InChI=1S/C9H8F3NS/c1-6(14)13-8-4-2-7(3-5-8)9(10,11)12/h2-5H,1H3,(H,13,14). The van der Waals surface area contributed by atoms with Crippen LogP contribution >= 0.6 is 12.2 Å². The number of hydrogen-bond donors (Lipinski definition) is 1. The minimum Gasteiger partial charge on any atom is -0.350 e. The third-order valence-corrected chi connectivity index (χ3v) is 1.63. The average Bonchev–Trinajstić information content (AvgIpc) is 2.02. The summed E-state index contributed by atoms with van der Waals surface area (Å²) in [4.78, 5) is 0.518. The first-order valence-electron chi connectivity index (χ1n) is 3.84. The lowest BCUT2D eigenvalue weighted by molar-refractivity contribution is -0.137. The normalized spacial score (nSPS) is 11.1. The van der Waals surface area contributed by atoms with Crippen LogP contribution in [0, 0.1) is 0 Å². The molecule has 0 heterocycles. The van der Waals surface area contributed by atoms with Crippen molar-refractivity contribution in [3.63, 3.8) is 0 Å². The van der Waals surface area contributed by atoms with E-state index in [1.54, 1.807) is 6.92 Å². The Morgan fingerprint density at radius 1 is 1.21 bits per heavy atom. The molecule has 5 heteroatoms. The Morgan fingerprint density at radius 3 is 2.07 bits per heavy atom. The number of anilines is 1. The van der Waals surface area contributed by atoms with Gasteiger partial charge < -0.3 is 5.32 Å². The van der Waals surface area contributed by atoms with Crippen LogP contribution in [0.2, 0.25) is 0 Å². The lowest BCUT2D eigenvalue weighted by Crippen LogP contribution is -2.06. The van der Waals surface area contributed by atoms with Gasteiger partial charge >= 0.3 is 6.18 Å². The van der Waals surface area contributed by atoms with E-state index >= 15 is 0 Å². The summed E-state index contributed by atoms with van der Waals surface area (Å²) >= 11 is 4.75. The molecule has 1 aromatic rings. The second-order valence-corrected chi connectivity index (χ2v) is 3.37. The maximum atomic E-state index is 12.1. The van der Waals surface area contributed by atoms with Gasteiger partial charge in [-0.1, -0.05) is 12.2 Å². The number of hydrogen-bond acceptors (Lipinski definition) is 1. The van der Waals surface area contributed by atoms with Gasteiger partial charge in [0, 0.05) is 5.69 Å². The van der Waals surface area contributed by atoms with Gasteiger partial charge in [0.2, 0.25) is 0 Å².